The molecule has 0 spiro atoms. The van der Waals surface area contributed by atoms with Crippen LogP contribution in [0.25, 0.3) is 0 Å². The van der Waals surface area contributed by atoms with E-state index in [0.29, 0.717) is 24.4 Å². The SMILES string of the molecule is CCCNC(=O)[C@H](CC)N(Cc1ccc(OC)cc1)C(=O)CN(c1ccc(C(C)C)cc1)S(=O)(=O)c1ccc(C)cc1. The first kappa shape index (κ1) is 32.7. The highest BCUT2D eigenvalue weighted by Crippen LogP contribution is 2.27. The highest BCUT2D eigenvalue weighted by Gasteiger charge is 2.33. The highest BCUT2D eigenvalue weighted by atomic mass is 32.2. The molecule has 9 heteroatoms. The molecule has 42 heavy (non-hydrogen) atoms. The van der Waals surface area contributed by atoms with Gasteiger partial charge in [-0.05, 0) is 73.2 Å². The molecule has 3 rings (SSSR count). The maximum atomic E-state index is 14.2. The Kier molecular flexibility index (Phi) is 11.6. The largest absolute Gasteiger partial charge is 0.497 e. The topological polar surface area (TPSA) is 96.0 Å². The Morgan fingerprint density at radius 1 is 0.905 bits per heavy atom. The molecule has 3 aromatic carbocycles. The molecular formula is C33H43N3O5S. The van der Waals surface area contributed by atoms with Crippen LogP contribution in [0, 0.1) is 6.92 Å². The monoisotopic (exact) mass is 593 g/mol. The van der Waals surface area contributed by atoms with Crippen LogP contribution in [0.15, 0.2) is 77.7 Å². The zero-order valence-corrected chi connectivity index (χ0v) is 26.3. The number of hydrogen-bond donors (Lipinski definition) is 1. The number of rotatable bonds is 14. The Labute approximate surface area is 250 Å². The Hall–Kier alpha value is -3.85. The fraction of sp³-hybridized carbons (Fsp3) is 0.394. The van der Waals surface area contributed by atoms with Crippen molar-refractivity contribution in [3.8, 4) is 5.75 Å². The lowest BCUT2D eigenvalue weighted by molar-refractivity contribution is -0.140. The van der Waals surface area contributed by atoms with E-state index >= 15 is 0 Å². The molecule has 1 N–H and O–H groups in total. The van der Waals surface area contributed by atoms with Gasteiger partial charge in [-0.1, -0.05) is 69.7 Å². The van der Waals surface area contributed by atoms with Crippen LogP contribution in [-0.4, -0.2) is 51.4 Å². The average molecular weight is 594 g/mol. The van der Waals surface area contributed by atoms with Crippen LogP contribution in [0.3, 0.4) is 0 Å². The van der Waals surface area contributed by atoms with Gasteiger partial charge >= 0.3 is 0 Å². The van der Waals surface area contributed by atoms with Gasteiger partial charge in [-0.25, -0.2) is 8.42 Å². The van der Waals surface area contributed by atoms with Gasteiger partial charge in [0.25, 0.3) is 10.0 Å². The molecule has 0 radical (unpaired) electrons. The summed E-state index contributed by atoms with van der Waals surface area (Å²) in [5, 5.41) is 2.90. The van der Waals surface area contributed by atoms with Gasteiger partial charge in [-0.15, -0.1) is 0 Å². The highest BCUT2D eigenvalue weighted by molar-refractivity contribution is 7.92. The van der Waals surface area contributed by atoms with Crippen molar-refractivity contribution in [3.05, 3.63) is 89.5 Å². The van der Waals surface area contributed by atoms with Gasteiger partial charge in [0.05, 0.1) is 17.7 Å². The van der Waals surface area contributed by atoms with Gasteiger partial charge in [-0.2, -0.15) is 0 Å². The van der Waals surface area contributed by atoms with E-state index in [4.69, 9.17) is 4.74 Å². The predicted octanol–water partition coefficient (Wildman–Crippen LogP) is 5.66. The van der Waals surface area contributed by atoms with Gasteiger partial charge in [0, 0.05) is 13.1 Å². The molecule has 1 atom stereocenters. The van der Waals surface area contributed by atoms with E-state index in [2.05, 4.69) is 19.2 Å². The first-order valence-electron chi connectivity index (χ1n) is 14.4. The number of aryl methyl sites for hydroxylation is 1. The second-order valence-corrected chi connectivity index (χ2v) is 12.5. The fourth-order valence-corrected chi connectivity index (χ4v) is 6.02. The molecule has 0 saturated heterocycles. The van der Waals surface area contributed by atoms with Gasteiger partial charge in [0.2, 0.25) is 11.8 Å². The fourth-order valence-electron chi connectivity index (χ4n) is 4.60. The Bertz CT molecular complexity index is 1420. The zero-order chi connectivity index (χ0) is 30.9. The van der Waals surface area contributed by atoms with Crippen LogP contribution in [0.5, 0.6) is 5.75 Å². The number of sulfonamides is 1. The summed E-state index contributed by atoms with van der Waals surface area (Å²) in [6.07, 6.45) is 1.12. The number of nitrogens with one attached hydrogen (secondary N) is 1. The third kappa shape index (κ3) is 8.12. The molecule has 0 aliphatic heterocycles. The zero-order valence-electron chi connectivity index (χ0n) is 25.5. The standard InChI is InChI=1S/C33H43N3O5S/c1-7-21-34-33(38)31(8-2)35(22-26-11-17-29(41-6)18-12-26)32(37)23-36(28-15-13-27(14-16-28)24(3)4)42(39,40)30-19-9-25(5)10-20-30/h9-20,24,31H,7-8,21-23H2,1-6H3,(H,34,38)/t31-/m0/s1. The molecule has 0 fully saturated rings. The maximum absolute atomic E-state index is 14.2. The van der Waals surface area contributed by atoms with Crippen molar-refractivity contribution >= 4 is 27.5 Å². The lowest BCUT2D eigenvalue weighted by atomic mass is 10.0. The van der Waals surface area contributed by atoms with Crippen LogP contribution in [0.4, 0.5) is 5.69 Å². The number of amides is 2. The van der Waals surface area contributed by atoms with Gasteiger partial charge in [-0.3, -0.25) is 13.9 Å². The van der Waals surface area contributed by atoms with Crippen LogP contribution in [0.2, 0.25) is 0 Å². The third-order valence-electron chi connectivity index (χ3n) is 7.18. The molecule has 0 saturated carbocycles. The lowest BCUT2D eigenvalue weighted by Gasteiger charge is -2.33. The molecule has 2 amide bonds. The van der Waals surface area contributed by atoms with E-state index in [9.17, 15) is 18.0 Å². The third-order valence-corrected chi connectivity index (χ3v) is 8.97. The van der Waals surface area contributed by atoms with Crippen LogP contribution < -0.4 is 14.4 Å². The molecule has 0 aliphatic rings. The van der Waals surface area contributed by atoms with E-state index in [1.54, 1.807) is 55.6 Å². The van der Waals surface area contributed by atoms with E-state index < -0.39 is 28.5 Å². The molecular weight excluding hydrogens is 550 g/mol. The number of hydrogen-bond acceptors (Lipinski definition) is 5. The summed E-state index contributed by atoms with van der Waals surface area (Å²) < 4.78 is 34.5. The minimum atomic E-state index is -4.11. The summed E-state index contributed by atoms with van der Waals surface area (Å²) in [4.78, 5) is 28.9. The average Bonchev–Trinajstić information content (AvgIpc) is 2.99. The van der Waals surface area contributed by atoms with E-state index in [0.717, 1.165) is 27.4 Å². The smallest absolute Gasteiger partial charge is 0.264 e. The molecule has 226 valence electrons. The van der Waals surface area contributed by atoms with Crippen molar-refractivity contribution in [2.24, 2.45) is 0 Å². The quantitative estimate of drug-likeness (QED) is 0.260. The van der Waals surface area contributed by atoms with Crippen molar-refractivity contribution in [2.45, 2.75) is 70.9 Å². The first-order chi connectivity index (χ1) is 20.0. The van der Waals surface area contributed by atoms with E-state index in [1.807, 2.05) is 45.0 Å². The number of nitrogens with zero attached hydrogens (tertiary/aromatic N) is 2. The number of anilines is 1. The normalized spacial score (nSPS) is 12.1. The summed E-state index contributed by atoms with van der Waals surface area (Å²) in [7, 11) is -2.54. The summed E-state index contributed by atoms with van der Waals surface area (Å²) >= 11 is 0. The van der Waals surface area contributed by atoms with E-state index in [1.165, 1.54) is 4.90 Å². The van der Waals surface area contributed by atoms with Crippen molar-refractivity contribution in [3.63, 3.8) is 0 Å². The molecule has 0 bridgehead atoms. The molecule has 0 aliphatic carbocycles. The number of benzene rings is 3. The number of carbonyl (C=O) groups excluding carboxylic acids is 2. The Morgan fingerprint density at radius 2 is 1.52 bits per heavy atom. The summed E-state index contributed by atoms with van der Waals surface area (Å²) in [5.41, 5.74) is 3.14. The summed E-state index contributed by atoms with van der Waals surface area (Å²) in [6, 6.07) is 20.3. The van der Waals surface area contributed by atoms with Crippen molar-refractivity contribution < 1.29 is 22.7 Å². The Morgan fingerprint density at radius 3 is 2.05 bits per heavy atom. The molecule has 8 nitrogen and oxygen atoms in total. The molecule has 3 aromatic rings. The molecule has 0 unspecified atom stereocenters. The van der Waals surface area contributed by atoms with Crippen molar-refractivity contribution in [1.29, 1.82) is 0 Å². The predicted molar refractivity (Wildman–Crippen MR) is 167 cm³/mol. The van der Waals surface area contributed by atoms with Crippen LogP contribution in [-0.2, 0) is 26.2 Å². The second kappa shape index (κ2) is 14.9. The molecule has 0 aromatic heterocycles. The summed E-state index contributed by atoms with van der Waals surface area (Å²) in [6.45, 7) is 9.95. The molecule has 0 heterocycles. The van der Waals surface area contributed by atoms with Gasteiger partial charge < -0.3 is 15.0 Å². The van der Waals surface area contributed by atoms with E-state index in [-0.39, 0.29) is 23.3 Å². The summed E-state index contributed by atoms with van der Waals surface area (Å²) in [5.74, 6) is 0.183. The second-order valence-electron chi connectivity index (χ2n) is 10.7. The minimum absolute atomic E-state index is 0.0864. The van der Waals surface area contributed by atoms with Crippen molar-refractivity contribution in [1.82, 2.24) is 10.2 Å². The number of methoxy groups -OCH3 is 1. The van der Waals surface area contributed by atoms with Crippen LogP contribution >= 0.6 is 0 Å². The first-order valence-corrected chi connectivity index (χ1v) is 15.8. The van der Waals surface area contributed by atoms with Gasteiger partial charge in [0.1, 0.15) is 18.3 Å². The Balaban J connectivity index is 2.06. The number of carbonyl (C=O) groups is 2. The van der Waals surface area contributed by atoms with Crippen molar-refractivity contribution in [2.75, 3.05) is 24.5 Å². The van der Waals surface area contributed by atoms with Crippen LogP contribution in [0.1, 0.15) is 63.1 Å². The minimum Gasteiger partial charge on any atom is -0.497 e. The number of ether oxygens (including phenoxy) is 1. The maximum Gasteiger partial charge on any atom is 0.264 e. The lowest BCUT2D eigenvalue weighted by Crippen LogP contribution is -2.52. The van der Waals surface area contributed by atoms with Gasteiger partial charge in [0.15, 0.2) is 0 Å².